The number of unbranched alkanes of at least 4 members (excludes halogenated alkanes) is 2. The molecule has 0 aliphatic carbocycles. The van der Waals surface area contributed by atoms with Crippen LogP contribution in [0.25, 0.3) is 0 Å². The van der Waals surface area contributed by atoms with Crippen LogP contribution in [-0.4, -0.2) is 26.0 Å². The van der Waals surface area contributed by atoms with Gasteiger partial charge in [0.25, 0.3) is 0 Å². The van der Waals surface area contributed by atoms with Crippen LogP contribution < -0.4 is 5.32 Å². The van der Waals surface area contributed by atoms with E-state index in [-0.39, 0.29) is 0 Å². The summed E-state index contributed by atoms with van der Waals surface area (Å²) < 4.78 is 4.34. The van der Waals surface area contributed by atoms with Crippen LogP contribution in [0.1, 0.15) is 19.3 Å². The summed E-state index contributed by atoms with van der Waals surface area (Å²) in [7, 11) is 1.32. The number of hydrogen-bond donors (Lipinski definition) is 1. The molecule has 0 radical (unpaired) electrons. The lowest BCUT2D eigenvalue weighted by molar-refractivity contribution is -0.107. The molecular weight excluding hydrogens is 146 g/mol. The maximum absolute atomic E-state index is 10.4. The molecular formula is C7H13NO3. The molecule has 0 heterocycles. The number of methoxy groups -OCH3 is 1. The minimum absolute atomic E-state index is 0.420. The predicted molar refractivity (Wildman–Crippen MR) is 40.3 cm³/mol. The molecule has 4 nitrogen and oxygen atoms in total. The normalized spacial score (nSPS) is 8.82. The average Bonchev–Trinajstić information content (AvgIpc) is 2.04. The van der Waals surface area contributed by atoms with E-state index in [2.05, 4.69) is 10.1 Å². The quantitative estimate of drug-likeness (QED) is 0.475. The van der Waals surface area contributed by atoms with Crippen molar-refractivity contribution in [3.63, 3.8) is 0 Å². The Labute approximate surface area is 65.9 Å². The van der Waals surface area contributed by atoms with Gasteiger partial charge in [0.15, 0.2) is 0 Å². The molecule has 0 unspecified atom stereocenters. The van der Waals surface area contributed by atoms with E-state index in [0.717, 1.165) is 19.1 Å². The van der Waals surface area contributed by atoms with Gasteiger partial charge in [0.2, 0.25) is 0 Å². The van der Waals surface area contributed by atoms with Gasteiger partial charge in [0.05, 0.1) is 7.11 Å². The van der Waals surface area contributed by atoms with Crippen LogP contribution in [0.2, 0.25) is 0 Å². The first-order valence-corrected chi connectivity index (χ1v) is 3.56. The molecule has 0 aromatic heterocycles. The molecule has 11 heavy (non-hydrogen) atoms. The first-order chi connectivity index (χ1) is 5.31. The van der Waals surface area contributed by atoms with Crippen molar-refractivity contribution in [3.05, 3.63) is 0 Å². The van der Waals surface area contributed by atoms with E-state index in [1.807, 2.05) is 0 Å². The van der Waals surface area contributed by atoms with E-state index in [0.29, 0.717) is 13.0 Å². The number of alkyl carbamates (subject to hydrolysis) is 1. The summed E-state index contributed by atoms with van der Waals surface area (Å²) in [5.41, 5.74) is 0. The fourth-order valence-electron chi connectivity index (χ4n) is 0.615. The zero-order chi connectivity index (χ0) is 8.53. The van der Waals surface area contributed by atoms with Crippen LogP contribution in [0.4, 0.5) is 4.79 Å². The Morgan fingerprint density at radius 3 is 2.82 bits per heavy atom. The van der Waals surface area contributed by atoms with Crippen LogP contribution in [0.15, 0.2) is 0 Å². The van der Waals surface area contributed by atoms with Gasteiger partial charge in [-0.15, -0.1) is 0 Å². The highest BCUT2D eigenvalue weighted by atomic mass is 16.5. The van der Waals surface area contributed by atoms with Gasteiger partial charge in [-0.1, -0.05) is 0 Å². The summed E-state index contributed by atoms with van der Waals surface area (Å²) in [6.45, 7) is 0.570. The summed E-state index contributed by atoms with van der Waals surface area (Å²) in [6.07, 6.45) is 2.64. The molecule has 0 aliphatic rings. The number of ether oxygens (including phenoxy) is 1. The molecule has 64 valence electrons. The number of hydrogen-bond acceptors (Lipinski definition) is 3. The first kappa shape index (κ1) is 9.94. The van der Waals surface area contributed by atoms with E-state index in [1.54, 1.807) is 0 Å². The second-order valence-electron chi connectivity index (χ2n) is 2.08. The molecule has 0 spiro atoms. The number of nitrogens with one attached hydrogen (secondary N) is 1. The Kier molecular flexibility index (Phi) is 6.37. The fraction of sp³-hybridized carbons (Fsp3) is 0.714. The van der Waals surface area contributed by atoms with Crippen molar-refractivity contribution in [2.45, 2.75) is 19.3 Å². The van der Waals surface area contributed by atoms with E-state index in [1.165, 1.54) is 7.11 Å². The van der Waals surface area contributed by atoms with Crippen molar-refractivity contribution in [1.29, 1.82) is 0 Å². The lowest BCUT2D eigenvalue weighted by atomic mass is 10.2. The topological polar surface area (TPSA) is 55.4 Å². The molecule has 1 N–H and O–H groups in total. The maximum Gasteiger partial charge on any atom is 0.406 e. The van der Waals surface area contributed by atoms with Gasteiger partial charge in [0.1, 0.15) is 6.29 Å². The highest BCUT2D eigenvalue weighted by Gasteiger charge is 1.95. The molecule has 1 amide bonds. The molecule has 0 saturated heterocycles. The van der Waals surface area contributed by atoms with Crippen LogP contribution in [0.5, 0.6) is 0 Å². The van der Waals surface area contributed by atoms with E-state index in [9.17, 15) is 9.59 Å². The monoisotopic (exact) mass is 159 g/mol. The minimum atomic E-state index is -0.420. The number of carbonyl (C=O) groups is 2. The summed E-state index contributed by atoms with van der Waals surface area (Å²) >= 11 is 0. The second-order valence-corrected chi connectivity index (χ2v) is 2.08. The zero-order valence-electron chi connectivity index (χ0n) is 6.63. The van der Waals surface area contributed by atoms with Crippen molar-refractivity contribution < 1.29 is 14.3 Å². The molecule has 0 rings (SSSR count). The average molecular weight is 159 g/mol. The molecule has 0 aliphatic heterocycles. The summed E-state index contributed by atoms with van der Waals surface area (Å²) in [6, 6.07) is 0. The highest BCUT2D eigenvalue weighted by molar-refractivity contribution is 5.66. The van der Waals surface area contributed by atoms with Gasteiger partial charge in [-0.2, -0.15) is 0 Å². The van der Waals surface area contributed by atoms with Gasteiger partial charge < -0.3 is 14.8 Å². The van der Waals surface area contributed by atoms with Crippen LogP contribution >= 0.6 is 0 Å². The van der Waals surface area contributed by atoms with Crippen molar-refractivity contribution in [2.24, 2.45) is 0 Å². The first-order valence-electron chi connectivity index (χ1n) is 3.56. The lowest BCUT2D eigenvalue weighted by Gasteiger charge is -2.00. The molecule has 0 aromatic rings. The third-order valence-corrected chi connectivity index (χ3v) is 1.20. The fourth-order valence-corrected chi connectivity index (χ4v) is 0.615. The number of aldehydes is 1. The van der Waals surface area contributed by atoms with Crippen molar-refractivity contribution in [2.75, 3.05) is 13.7 Å². The third kappa shape index (κ3) is 6.83. The van der Waals surface area contributed by atoms with Gasteiger partial charge in [0, 0.05) is 13.0 Å². The van der Waals surface area contributed by atoms with Gasteiger partial charge in [-0.25, -0.2) is 4.79 Å². The lowest BCUT2D eigenvalue weighted by Crippen LogP contribution is -2.23. The number of rotatable bonds is 5. The third-order valence-electron chi connectivity index (χ3n) is 1.20. The maximum atomic E-state index is 10.4. The molecule has 0 fully saturated rings. The Hall–Kier alpha value is -1.06. The van der Waals surface area contributed by atoms with Crippen molar-refractivity contribution in [1.82, 2.24) is 5.32 Å². The molecule has 4 heteroatoms. The largest absolute Gasteiger partial charge is 0.453 e. The Morgan fingerprint density at radius 1 is 1.55 bits per heavy atom. The highest BCUT2D eigenvalue weighted by Crippen LogP contribution is 1.89. The number of carbonyl (C=O) groups excluding carboxylic acids is 2. The molecule has 0 aromatic carbocycles. The smallest absolute Gasteiger partial charge is 0.406 e. The zero-order valence-corrected chi connectivity index (χ0v) is 6.63. The van der Waals surface area contributed by atoms with Crippen molar-refractivity contribution in [3.8, 4) is 0 Å². The van der Waals surface area contributed by atoms with Gasteiger partial charge in [-0.3, -0.25) is 0 Å². The van der Waals surface area contributed by atoms with Crippen LogP contribution in [0, 0.1) is 0 Å². The van der Waals surface area contributed by atoms with E-state index >= 15 is 0 Å². The van der Waals surface area contributed by atoms with Crippen LogP contribution in [0.3, 0.4) is 0 Å². The van der Waals surface area contributed by atoms with E-state index < -0.39 is 6.09 Å². The van der Waals surface area contributed by atoms with Gasteiger partial charge >= 0.3 is 6.09 Å². The summed E-state index contributed by atoms with van der Waals surface area (Å²) in [4.78, 5) is 20.3. The molecule has 0 bridgehead atoms. The SMILES string of the molecule is COC(=O)NCCCCC=O. The summed E-state index contributed by atoms with van der Waals surface area (Å²) in [5, 5.41) is 2.51. The van der Waals surface area contributed by atoms with Gasteiger partial charge in [-0.05, 0) is 12.8 Å². The Bertz CT molecular complexity index is 125. The Morgan fingerprint density at radius 2 is 2.27 bits per heavy atom. The number of amides is 1. The molecule has 0 saturated carbocycles. The van der Waals surface area contributed by atoms with Crippen molar-refractivity contribution >= 4 is 12.4 Å². The minimum Gasteiger partial charge on any atom is -0.453 e. The van der Waals surface area contributed by atoms with Crippen LogP contribution in [-0.2, 0) is 9.53 Å². The Balaban J connectivity index is 3.01. The second kappa shape index (κ2) is 7.05. The van der Waals surface area contributed by atoms with E-state index in [4.69, 9.17) is 0 Å². The summed E-state index contributed by atoms with van der Waals surface area (Å²) in [5.74, 6) is 0. The molecule has 0 atom stereocenters. The standard InChI is InChI=1S/C7H13NO3/c1-11-7(10)8-5-3-2-4-6-9/h6H,2-5H2,1H3,(H,8,10). The predicted octanol–water partition coefficient (Wildman–Crippen LogP) is 0.712.